The number of rotatable bonds is 24. The van der Waals surface area contributed by atoms with Crippen LogP contribution in [0.4, 0.5) is 0 Å². The Morgan fingerprint density at radius 1 is 0.621 bits per heavy atom. The van der Waals surface area contributed by atoms with Gasteiger partial charge in [-0.15, -0.1) is 0 Å². The number of primary amides is 1. The number of carbonyl (C=O) groups excluding carboxylic acids is 8. The second-order valence-corrected chi connectivity index (χ2v) is 15.3. The number of hydrogen-bond donors (Lipinski definition) is 11. The second kappa shape index (κ2) is 24.1. The predicted molar refractivity (Wildman–Crippen MR) is 211 cm³/mol. The third-order valence-electron chi connectivity index (χ3n) is 8.80. The third-order valence-corrected chi connectivity index (χ3v) is 8.80. The molecule has 13 N–H and O–H groups in total. The van der Waals surface area contributed by atoms with Crippen molar-refractivity contribution >= 4 is 53.2 Å². The van der Waals surface area contributed by atoms with Crippen molar-refractivity contribution in [2.24, 2.45) is 29.2 Å². The number of amides is 8. The molecule has 324 valence electrons. The van der Waals surface area contributed by atoms with Gasteiger partial charge in [0.05, 0.1) is 12.6 Å². The zero-order chi connectivity index (χ0) is 44.4. The number of phenols is 1. The number of carbonyl (C=O) groups is 9. The van der Waals surface area contributed by atoms with Gasteiger partial charge in [-0.1, -0.05) is 53.7 Å². The first-order chi connectivity index (χ1) is 26.9. The van der Waals surface area contributed by atoms with Crippen LogP contribution in [0.1, 0.15) is 80.2 Å². The Bertz CT molecular complexity index is 1620. The molecule has 0 bridgehead atoms. The summed E-state index contributed by atoms with van der Waals surface area (Å²) in [6.45, 7) is 12.2. The van der Waals surface area contributed by atoms with E-state index in [2.05, 4.69) is 37.2 Å². The van der Waals surface area contributed by atoms with E-state index in [1.54, 1.807) is 53.7 Å². The van der Waals surface area contributed by atoms with Crippen molar-refractivity contribution < 1.29 is 53.4 Å². The monoisotopic (exact) mass is 819 g/mol. The Hall–Kier alpha value is -5.79. The van der Waals surface area contributed by atoms with E-state index in [4.69, 9.17) is 11.5 Å². The molecule has 0 fully saturated rings. The summed E-state index contributed by atoms with van der Waals surface area (Å²) in [5.41, 5.74) is 11.9. The molecule has 0 aliphatic heterocycles. The van der Waals surface area contributed by atoms with Crippen molar-refractivity contribution in [1.82, 2.24) is 37.2 Å². The lowest BCUT2D eigenvalue weighted by Gasteiger charge is -2.29. The van der Waals surface area contributed by atoms with E-state index in [1.807, 2.05) is 0 Å². The molecule has 20 nitrogen and oxygen atoms in total. The van der Waals surface area contributed by atoms with Crippen LogP contribution in [0.3, 0.4) is 0 Å². The number of nitrogens with one attached hydrogen (secondary N) is 7. The summed E-state index contributed by atoms with van der Waals surface area (Å²) in [6, 6.07) is -2.31. The highest BCUT2D eigenvalue weighted by Crippen LogP contribution is 2.12. The van der Waals surface area contributed by atoms with Crippen LogP contribution in [-0.2, 0) is 49.6 Å². The average Bonchev–Trinajstić information content (AvgIpc) is 3.12. The molecule has 1 rings (SSSR count). The molecule has 0 aromatic heterocycles. The minimum Gasteiger partial charge on any atom is -0.508 e. The second-order valence-electron chi connectivity index (χ2n) is 15.3. The number of aromatic hydroxyl groups is 1. The van der Waals surface area contributed by atoms with E-state index in [0.29, 0.717) is 5.56 Å². The summed E-state index contributed by atoms with van der Waals surface area (Å²) >= 11 is 0. The Kier molecular flexibility index (Phi) is 20.9. The fourth-order valence-electron chi connectivity index (χ4n) is 5.41. The summed E-state index contributed by atoms with van der Waals surface area (Å²) in [6.07, 6.45) is -0.276. The molecule has 0 aliphatic rings. The third kappa shape index (κ3) is 18.0. The molecule has 0 aliphatic carbocycles. The van der Waals surface area contributed by atoms with Crippen molar-refractivity contribution in [2.45, 2.75) is 123 Å². The lowest BCUT2D eigenvalue weighted by atomic mass is 9.98. The predicted octanol–water partition coefficient (Wildman–Crippen LogP) is -1.97. The maximum atomic E-state index is 13.6. The Morgan fingerprint density at radius 3 is 1.59 bits per heavy atom. The largest absolute Gasteiger partial charge is 0.508 e. The topological polar surface area (TPSA) is 330 Å². The Morgan fingerprint density at radius 2 is 1.10 bits per heavy atom. The normalized spacial score (nSPS) is 14.8. The molecule has 0 heterocycles. The quantitative estimate of drug-likeness (QED) is 0.0542. The van der Waals surface area contributed by atoms with Gasteiger partial charge in [0.15, 0.2) is 0 Å². The van der Waals surface area contributed by atoms with Crippen molar-refractivity contribution in [3.8, 4) is 5.75 Å². The van der Waals surface area contributed by atoms with Crippen molar-refractivity contribution in [2.75, 3.05) is 6.54 Å². The van der Waals surface area contributed by atoms with Gasteiger partial charge in [-0.3, -0.25) is 38.4 Å². The molecule has 58 heavy (non-hydrogen) atoms. The minimum absolute atomic E-state index is 0.0241. The molecule has 0 spiro atoms. The SMILES string of the molecule is CC(C)CC(NC(=O)C(C)NC(=O)C(C)NC(=O)C(NC(=O)C(NC(=O)C(CCC(N)=O)NC(=O)CNC(=O)C(N)Cc1ccc(O)cc1)C(C)C)C(C)C)C(=O)O. The van der Waals surface area contributed by atoms with E-state index in [0.717, 1.165) is 0 Å². The molecular formula is C38H61N9O11. The van der Waals surface area contributed by atoms with Crippen LogP contribution in [0.25, 0.3) is 0 Å². The van der Waals surface area contributed by atoms with Crippen molar-refractivity contribution in [3.63, 3.8) is 0 Å². The van der Waals surface area contributed by atoms with Gasteiger partial charge in [-0.2, -0.15) is 0 Å². The standard InChI is InChI=1S/C38H61N9O11/c1-18(2)15-27(38(57)58)45-33(52)22(8)42-32(51)21(7)43-36(55)30(19(3)4)47-37(56)31(20(5)6)46-35(54)26(13-14-28(40)49)44-29(50)17-41-34(53)25(39)16-23-9-11-24(48)12-10-23/h9-12,18-22,25-27,30-31,48H,13-17,39H2,1-8H3,(H2,40,49)(H,41,53)(H,42,51)(H,43,55)(H,44,50)(H,45,52)(H,46,54)(H,47,56)(H,57,58). The Balaban J connectivity index is 2.94. The highest BCUT2D eigenvalue weighted by molar-refractivity contribution is 5.97. The van der Waals surface area contributed by atoms with Crippen LogP contribution in [0, 0.1) is 17.8 Å². The highest BCUT2D eigenvalue weighted by Gasteiger charge is 2.34. The molecule has 20 heteroatoms. The molecule has 1 aromatic carbocycles. The maximum Gasteiger partial charge on any atom is 0.326 e. The van der Waals surface area contributed by atoms with E-state index in [1.165, 1.54) is 26.0 Å². The number of phenolic OH excluding ortho intramolecular Hbond substituents is 1. The van der Waals surface area contributed by atoms with Gasteiger partial charge in [0.25, 0.3) is 0 Å². The van der Waals surface area contributed by atoms with Gasteiger partial charge < -0.3 is 58.9 Å². The van der Waals surface area contributed by atoms with Crippen LogP contribution in [0.2, 0.25) is 0 Å². The number of carboxylic acid groups (broad SMARTS) is 1. The first-order valence-electron chi connectivity index (χ1n) is 19.1. The highest BCUT2D eigenvalue weighted by atomic mass is 16.4. The van der Waals surface area contributed by atoms with E-state index in [-0.39, 0.29) is 37.4 Å². The number of aliphatic carboxylic acids is 1. The van der Waals surface area contributed by atoms with E-state index >= 15 is 0 Å². The Labute approximate surface area is 338 Å². The molecule has 8 amide bonds. The fraction of sp³-hybridized carbons (Fsp3) is 0.605. The van der Waals surface area contributed by atoms with Gasteiger partial charge in [-0.05, 0) is 68.6 Å². The zero-order valence-corrected chi connectivity index (χ0v) is 34.3. The lowest BCUT2D eigenvalue weighted by molar-refractivity contribution is -0.142. The van der Waals surface area contributed by atoms with E-state index in [9.17, 15) is 53.4 Å². The summed E-state index contributed by atoms with van der Waals surface area (Å²) in [4.78, 5) is 114. The molecule has 7 atom stereocenters. The van der Waals surface area contributed by atoms with Crippen LogP contribution >= 0.6 is 0 Å². The average molecular weight is 820 g/mol. The molecule has 0 saturated heterocycles. The smallest absolute Gasteiger partial charge is 0.326 e. The summed E-state index contributed by atoms with van der Waals surface area (Å²) in [5, 5.41) is 36.1. The van der Waals surface area contributed by atoms with Crippen LogP contribution in [0.15, 0.2) is 24.3 Å². The summed E-state index contributed by atoms with van der Waals surface area (Å²) < 4.78 is 0. The van der Waals surface area contributed by atoms with Gasteiger partial charge >= 0.3 is 5.97 Å². The number of benzene rings is 1. The molecular weight excluding hydrogens is 758 g/mol. The van der Waals surface area contributed by atoms with Gasteiger partial charge in [0.2, 0.25) is 47.3 Å². The van der Waals surface area contributed by atoms with Crippen LogP contribution < -0.4 is 48.7 Å². The first-order valence-corrected chi connectivity index (χ1v) is 19.1. The van der Waals surface area contributed by atoms with Gasteiger partial charge in [-0.25, -0.2) is 4.79 Å². The first kappa shape index (κ1) is 50.2. The van der Waals surface area contributed by atoms with Crippen molar-refractivity contribution in [3.05, 3.63) is 29.8 Å². The molecule has 0 radical (unpaired) electrons. The van der Waals surface area contributed by atoms with E-state index < -0.39 is 114 Å². The number of hydrogen-bond acceptors (Lipinski definition) is 11. The molecule has 7 unspecified atom stereocenters. The maximum absolute atomic E-state index is 13.6. The van der Waals surface area contributed by atoms with Gasteiger partial charge in [0.1, 0.15) is 42.0 Å². The van der Waals surface area contributed by atoms with Gasteiger partial charge in [0, 0.05) is 6.42 Å². The summed E-state index contributed by atoms with van der Waals surface area (Å²) in [5.74, 6) is -8.39. The lowest BCUT2D eigenvalue weighted by Crippen LogP contribution is -2.61. The molecule has 0 saturated carbocycles. The minimum atomic E-state index is -1.37. The molecule has 1 aromatic rings. The fourth-order valence-corrected chi connectivity index (χ4v) is 5.41. The van der Waals surface area contributed by atoms with Crippen LogP contribution in [0.5, 0.6) is 5.75 Å². The van der Waals surface area contributed by atoms with Crippen LogP contribution in [-0.4, -0.2) is 112 Å². The number of carboxylic acids is 1. The summed E-state index contributed by atoms with van der Waals surface area (Å²) in [7, 11) is 0. The number of nitrogens with two attached hydrogens (primary N) is 2. The van der Waals surface area contributed by atoms with Crippen molar-refractivity contribution in [1.29, 1.82) is 0 Å². The zero-order valence-electron chi connectivity index (χ0n) is 34.3.